The molecule has 0 aliphatic heterocycles. The van der Waals surface area contributed by atoms with Crippen LogP contribution in [0.15, 0.2) is 40.9 Å². The molecule has 0 fully saturated rings. The number of carbonyl (C=O) groups excluding carboxylic acids is 1. The number of nitrogens with two attached hydrogens (primary N) is 1. The van der Waals surface area contributed by atoms with Crippen LogP contribution in [0.1, 0.15) is 32.3 Å². The predicted octanol–water partition coefficient (Wildman–Crippen LogP) is 4.62. The SMILES string of the molecule is CCCC(C)(C(N)=O)c1c(Br)c(OCOC)cc(OCOC)c1-c1ccccc1. The average Bonchev–Trinajstić information content (AvgIpc) is 2.72. The summed E-state index contributed by atoms with van der Waals surface area (Å²) in [6.07, 6.45) is 1.34. The van der Waals surface area contributed by atoms with Crippen LogP contribution < -0.4 is 15.2 Å². The van der Waals surface area contributed by atoms with E-state index >= 15 is 0 Å². The maximum atomic E-state index is 12.7. The van der Waals surface area contributed by atoms with Crippen molar-refractivity contribution in [1.29, 1.82) is 0 Å². The molecule has 6 nitrogen and oxygen atoms in total. The summed E-state index contributed by atoms with van der Waals surface area (Å²) in [7, 11) is 3.09. The fourth-order valence-corrected chi connectivity index (χ4v) is 4.22. The molecule has 0 aromatic heterocycles. The molecule has 158 valence electrons. The monoisotopic (exact) mass is 465 g/mol. The number of rotatable bonds is 11. The Kier molecular flexibility index (Phi) is 8.49. The highest BCUT2D eigenvalue weighted by Gasteiger charge is 2.39. The highest BCUT2D eigenvalue weighted by atomic mass is 79.9. The van der Waals surface area contributed by atoms with E-state index in [0.29, 0.717) is 22.4 Å². The van der Waals surface area contributed by atoms with Gasteiger partial charge in [-0.3, -0.25) is 4.79 Å². The summed E-state index contributed by atoms with van der Waals surface area (Å²) < 4.78 is 22.5. The van der Waals surface area contributed by atoms with Crippen molar-refractivity contribution < 1.29 is 23.7 Å². The van der Waals surface area contributed by atoms with E-state index in [9.17, 15) is 4.79 Å². The minimum Gasteiger partial charge on any atom is -0.467 e. The second-order valence-electron chi connectivity index (χ2n) is 6.85. The van der Waals surface area contributed by atoms with E-state index in [1.165, 1.54) is 0 Å². The van der Waals surface area contributed by atoms with Crippen LogP contribution in [0.2, 0.25) is 0 Å². The number of carbonyl (C=O) groups is 1. The molecule has 7 heteroatoms. The van der Waals surface area contributed by atoms with Crippen LogP contribution in [0.25, 0.3) is 11.1 Å². The van der Waals surface area contributed by atoms with Gasteiger partial charge in [0.2, 0.25) is 5.91 Å². The summed E-state index contributed by atoms with van der Waals surface area (Å²) in [5, 5.41) is 0. The Hall–Kier alpha value is -2.09. The lowest BCUT2D eigenvalue weighted by molar-refractivity contribution is -0.123. The standard InChI is InChI=1S/C22H28BrNO5/c1-5-11-22(2,21(24)25)19-18(15-9-7-6-8-10-15)16(28-13-26-3)12-17(20(19)23)29-14-27-4/h6-10,12H,5,11,13-14H2,1-4H3,(H2,24,25). The van der Waals surface area contributed by atoms with Gasteiger partial charge in [-0.15, -0.1) is 0 Å². The second-order valence-corrected chi connectivity index (χ2v) is 7.64. The summed E-state index contributed by atoms with van der Waals surface area (Å²) in [4.78, 5) is 12.7. The maximum absolute atomic E-state index is 12.7. The van der Waals surface area contributed by atoms with Crippen LogP contribution in [0.5, 0.6) is 11.5 Å². The number of ether oxygens (including phenoxy) is 4. The molecule has 2 aromatic rings. The number of methoxy groups -OCH3 is 2. The molecule has 29 heavy (non-hydrogen) atoms. The van der Waals surface area contributed by atoms with Gasteiger partial charge in [-0.05, 0) is 40.4 Å². The Morgan fingerprint density at radius 1 is 1.07 bits per heavy atom. The fourth-order valence-electron chi connectivity index (χ4n) is 3.36. The minimum atomic E-state index is -0.948. The van der Waals surface area contributed by atoms with E-state index in [1.54, 1.807) is 20.3 Å². The predicted molar refractivity (Wildman–Crippen MR) is 116 cm³/mol. The summed E-state index contributed by atoms with van der Waals surface area (Å²) in [6.45, 7) is 3.97. The molecule has 2 rings (SSSR count). The Bertz CT molecular complexity index is 828. The molecule has 0 radical (unpaired) electrons. The zero-order chi connectivity index (χ0) is 21.4. The number of benzene rings is 2. The molecule has 0 saturated carbocycles. The topological polar surface area (TPSA) is 80.0 Å². The molecule has 2 aromatic carbocycles. The van der Waals surface area contributed by atoms with Crippen LogP contribution in [-0.4, -0.2) is 33.7 Å². The average molecular weight is 466 g/mol. The highest BCUT2D eigenvalue weighted by molar-refractivity contribution is 9.10. The van der Waals surface area contributed by atoms with E-state index in [1.807, 2.05) is 44.2 Å². The van der Waals surface area contributed by atoms with E-state index in [4.69, 9.17) is 24.7 Å². The smallest absolute Gasteiger partial charge is 0.227 e. The van der Waals surface area contributed by atoms with E-state index < -0.39 is 11.3 Å². The van der Waals surface area contributed by atoms with Gasteiger partial charge in [0.25, 0.3) is 0 Å². The second kappa shape index (κ2) is 10.6. The lowest BCUT2D eigenvalue weighted by Gasteiger charge is -2.32. The minimum absolute atomic E-state index is 0.0473. The Morgan fingerprint density at radius 2 is 1.66 bits per heavy atom. The highest BCUT2D eigenvalue weighted by Crippen LogP contribution is 2.49. The number of hydrogen-bond donors (Lipinski definition) is 1. The molecule has 1 unspecified atom stereocenters. The van der Waals surface area contributed by atoms with E-state index in [0.717, 1.165) is 23.1 Å². The van der Waals surface area contributed by atoms with Gasteiger partial charge >= 0.3 is 0 Å². The molecule has 0 saturated heterocycles. The van der Waals surface area contributed by atoms with Gasteiger partial charge in [0.1, 0.15) is 11.5 Å². The van der Waals surface area contributed by atoms with Crippen molar-refractivity contribution in [2.24, 2.45) is 5.73 Å². The van der Waals surface area contributed by atoms with Gasteiger partial charge in [0.15, 0.2) is 13.6 Å². The first-order valence-electron chi connectivity index (χ1n) is 9.36. The van der Waals surface area contributed by atoms with Crippen molar-refractivity contribution in [2.45, 2.75) is 32.1 Å². The van der Waals surface area contributed by atoms with Crippen LogP contribution in [0.4, 0.5) is 0 Å². The third kappa shape index (κ3) is 5.10. The largest absolute Gasteiger partial charge is 0.467 e. The number of halogens is 1. The molecular formula is C22H28BrNO5. The first kappa shape index (κ1) is 23.2. The molecule has 0 bridgehead atoms. The van der Waals surface area contributed by atoms with Crippen LogP contribution >= 0.6 is 15.9 Å². The zero-order valence-corrected chi connectivity index (χ0v) is 18.9. The summed E-state index contributed by atoms with van der Waals surface area (Å²) in [5.41, 5.74) is 7.36. The summed E-state index contributed by atoms with van der Waals surface area (Å²) >= 11 is 3.66. The molecule has 0 spiro atoms. The van der Waals surface area contributed by atoms with Crippen LogP contribution in [-0.2, 0) is 19.7 Å². The Balaban J connectivity index is 2.89. The van der Waals surface area contributed by atoms with Crippen molar-refractivity contribution in [3.05, 3.63) is 46.4 Å². The van der Waals surface area contributed by atoms with Crippen molar-refractivity contribution >= 4 is 21.8 Å². The van der Waals surface area contributed by atoms with Crippen LogP contribution in [0, 0.1) is 0 Å². The molecular weight excluding hydrogens is 438 g/mol. The Labute approximate surface area is 180 Å². The number of amides is 1. The molecule has 0 aliphatic rings. The lowest BCUT2D eigenvalue weighted by atomic mass is 9.74. The maximum Gasteiger partial charge on any atom is 0.227 e. The summed E-state index contributed by atoms with van der Waals surface area (Å²) in [6, 6.07) is 11.5. The first-order chi connectivity index (χ1) is 13.9. The van der Waals surface area contributed by atoms with Crippen molar-refractivity contribution in [3.8, 4) is 22.6 Å². The van der Waals surface area contributed by atoms with Gasteiger partial charge in [-0.2, -0.15) is 0 Å². The van der Waals surface area contributed by atoms with Crippen molar-refractivity contribution in [2.75, 3.05) is 27.8 Å². The lowest BCUT2D eigenvalue weighted by Crippen LogP contribution is -2.39. The quantitative estimate of drug-likeness (QED) is 0.489. The van der Waals surface area contributed by atoms with Gasteiger partial charge in [-0.1, -0.05) is 43.7 Å². The van der Waals surface area contributed by atoms with Crippen LogP contribution in [0.3, 0.4) is 0 Å². The molecule has 2 N–H and O–H groups in total. The fraction of sp³-hybridized carbons (Fsp3) is 0.409. The number of primary amides is 1. The van der Waals surface area contributed by atoms with E-state index in [2.05, 4.69) is 15.9 Å². The molecule has 0 aliphatic carbocycles. The van der Waals surface area contributed by atoms with Gasteiger partial charge in [0, 0.05) is 25.8 Å². The van der Waals surface area contributed by atoms with Gasteiger partial charge in [-0.25, -0.2) is 0 Å². The molecule has 1 atom stereocenters. The summed E-state index contributed by atoms with van der Waals surface area (Å²) in [5.74, 6) is 0.612. The van der Waals surface area contributed by atoms with Crippen molar-refractivity contribution in [3.63, 3.8) is 0 Å². The first-order valence-corrected chi connectivity index (χ1v) is 10.2. The normalized spacial score (nSPS) is 13.0. The third-order valence-corrected chi connectivity index (χ3v) is 5.55. The van der Waals surface area contributed by atoms with E-state index in [-0.39, 0.29) is 13.6 Å². The van der Waals surface area contributed by atoms with Gasteiger partial charge in [0.05, 0.1) is 9.89 Å². The molecule has 0 heterocycles. The van der Waals surface area contributed by atoms with Gasteiger partial charge < -0.3 is 24.7 Å². The molecule has 1 amide bonds. The number of hydrogen-bond acceptors (Lipinski definition) is 5. The zero-order valence-electron chi connectivity index (χ0n) is 17.3. The van der Waals surface area contributed by atoms with Crippen molar-refractivity contribution in [1.82, 2.24) is 0 Å². The Morgan fingerprint density at radius 3 is 2.17 bits per heavy atom. The third-order valence-electron chi connectivity index (χ3n) is 4.77.